The second-order valence-electron chi connectivity index (χ2n) is 3.03. The Labute approximate surface area is 72.1 Å². The van der Waals surface area contributed by atoms with E-state index < -0.39 is 5.97 Å². The molecule has 1 N–H and O–H groups in total. The van der Waals surface area contributed by atoms with Crippen molar-refractivity contribution in [2.45, 2.75) is 18.9 Å². The molecule has 1 saturated heterocycles. The molecule has 0 radical (unpaired) electrons. The molecular formula is C8H15NO3. The van der Waals surface area contributed by atoms with Gasteiger partial charge < -0.3 is 9.84 Å². The summed E-state index contributed by atoms with van der Waals surface area (Å²) in [5.41, 5.74) is 0. The minimum Gasteiger partial charge on any atom is -0.480 e. The lowest BCUT2D eigenvalue weighted by molar-refractivity contribution is -0.142. The van der Waals surface area contributed by atoms with Crippen molar-refractivity contribution < 1.29 is 14.6 Å². The number of ether oxygens (including phenoxy) is 1. The minimum absolute atomic E-state index is 0.278. The van der Waals surface area contributed by atoms with E-state index in [-0.39, 0.29) is 6.04 Å². The molecule has 0 bridgehead atoms. The van der Waals surface area contributed by atoms with E-state index in [4.69, 9.17) is 9.84 Å². The van der Waals surface area contributed by atoms with Crippen molar-refractivity contribution in [2.75, 3.05) is 26.8 Å². The van der Waals surface area contributed by atoms with Crippen LogP contribution in [0.3, 0.4) is 0 Å². The average molecular weight is 173 g/mol. The van der Waals surface area contributed by atoms with Crippen LogP contribution in [0, 0.1) is 0 Å². The van der Waals surface area contributed by atoms with Crippen LogP contribution in [0.4, 0.5) is 0 Å². The fraction of sp³-hybridized carbons (Fsp3) is 0.875. The fourth-order valence-corrected chi connectivity index (χ4v) is 1.58. The highest BCUT2D eigenvalue weighted by atomic mass is 16.5. The maximum Gasteiger partial charge on any atom is 0.320 e. The summed E-state index contributed by atoms with van der Waals surface area (Å²) in [7, 11) is 1.63. The van der Waals surface area contributed by atoms with Gasteiger partial charge in [-0.3, -0.25) is 9.69 Å². The summed E-state index contributed by atoms with van der Waals surface area (Å²) in [5, 5.41) is 8.80. The van der Waals surface area contributed by atoms with Gasteiger partial charge in [0.25, 0.3) is 0 Å². The van der Waals surface area contributed by atoms with Crippen molar-refractivity contribution in [1.82, 2.24) is 4.90 Å². The Morgan fingerprint density at radius 2 is 2.50 bits per heavy atom. The fourth-order valence-electron chi connectivity index (χ4n) is 1.58. The first-order valence-electron chi connectivity index (χ1n) is 4.21. The van der Waals surface area contributed by atoms with Crippen molar-refractivity contribution in [3.8, 4) is 0 Å². The number of hydrogen-bond donors (Lipinski definition) is 1. The lowest BCUT2D eigenvalue weighted by Crippen LogP contribution is -2.37. The Morgan fingerprint density at radius 3 is 3.08 bits per heavy atom. The van der Waals surface area contributed by atoms with Gasteiger partial charge in [0.15, 0.2) is 0 Å². The number of likely N-dealkylation sites (tertiary alicyclic amines) is 1. The number of carbonyl (C=O) groups is 1. The van der Waals surface area contributed by atoms with Gasteiger partial charge >= 0.3 is 5.97 Å². The second kappa shape index (κ2) is 4.42. The Balaban J connectivity index is 2.35. The number of carboxylic acids is 1. The van der Waals surface area contributed by atoms with E-state index in [1.54, 1.807) is 7.11 Å². The number of nitrogens with zero attached hydrogens (tertiary/aromatic N) is 1. The quantitative estimate of drug-likeness (QED) is 0.659. The largest absolute Gasteiger partial charge is 0.480 e. The molecule has 12 heavy (non-hydrogen) atoms. The predicted molar refractivity (Wildman–Crippen MR) is 44.1 cm³/mol. The third kappa shape index (κ3) is 2.19. The molecule has 70 valence electrons. The van der Waals surface area contributed by atoms with E-state index >= 15 is 0 Å². The molecule has 1 heterocycles. The summed E-state index contributed by atoms with van der Waals surface area (Å²) in [4.78, 5) is 12.7. The molecule has 0 spiro atoms. The Morgan fingerprint density at radius 1 is 1.75 bits per heavy atom. The SMILES string of the molecule is COCCN1CCCC1C(=O)O. The van der Waals surface area contributed by atoms with Crippen molar-refractivity contribution in [2.24, 2.45) is 0 Å². The van der Waals surface area contributed by atoms with E-state index in [0.717, 1.165) is 25.9 Å². The van der Waals surface area contributed by atoms with Crippen LogP contribution in [0.2, 0.25) is 0 Å². The highest BCUT2D eigenvalue weighted by Gasteiger charge is 2.29. The molecule has 0 saturated carbocycles. The van der Waals surface area contributed by atoms with Gasteiger partial charge in [0.1, 0.15) is 6.04 Å². The number of rotatable bonds is 4. The molecule has 0 amide bonds. The van der Waals surface area contributed by atoms with Crippen LogP contribution in [-0.4, -0.2) is 48.8 Å². The molecule has 4 nitrogen and oxygen atoms in total. The average Bonchev–Trinajstić information content (AvgIpc) is 2.48. The molecule has 1 aliphatic rings. The first-order valence-corrected chi connectivity index (χ1v) is 4.21. The molecule has 0 aliphatic carbocycles. The molecule has 1 aliphatic heterocycles. The number of methoxy groups -OCH3 is 1. The Bertz CT molecular complexity index is 160. The zero-order valence-corrected chi connectivity index (χ0v) is 7.32. The van der Waals surface area contributed by atoms with Crippen LogP contribution in [0.1, 0.15) is 12.8 Å². The molecule has 0 aromatic rings. The van der Waals surface area contributed by atoms with Crippen LogP contribution < -0.4 is 0 Å². The number of aliphatic carboxylic acids is 1. The molecular weight excluding hydrogens is 158 g/mol. The summed E-state index contributed by atoms with van der Waals surface area (Å²) >= 11 is 0. The van der Waals surface area contributed by atoms with Gasteiger partial charge in [-0.05, 0) is 19.4 Å². The monoisotopic (exact) mass is 173 g/mol. The van der Waals surface area contributed by atoms with Crippen molar-refractivity contribution in [1.29, 1.82) is 0 Å². The molecule has 1 rings (SSSR count). The van der Waals surface area contributed by atoms with Crippen LogP contribution >= 0.6 is 0 Å². The van der Waals surface area contributed by atoms with Crippen molar-refractivity contribution >= 4 is 5.97 Å². The zero-order chi connectivity index (χ0) is 8.97. The van der Waals surface area contributed by atoms with Crippen LogP contribution in [0.25, 0.3) is 0 Å². The van der Waals surface area contributed by atoms with E-state index in [2.05, 4.69) is 0 Å². The molecule has 1 fully saturated rings. The third-order valence-electron chi connectivity index (χ3n) is 2.23. The van der Waals surface area contributed by atoms with Gasteiger partial charge in [-0.25, -0.2) is 0 Å². The van der Waals surface area contributed by atoms with Crippen molar-refractivity contribution in [3.63, 3.8) is 0 Å². The van der Waals surface area contributed by atoms with Gasteiger partial charge in [-0.1, -0.05) is 0 Å². The van der Waals surface area contributed by atoms with Gasteiger partial charge in [-0.2, -0.15) is 0 Å². The minimum atomic E-state index is -0.705. The summed E-state index contributed by atoms with van der Waals surface area (Å²) in [6.45, 7) is 2.23. The Hall–Kier alpha value is -0.610. The smallest absolute Gasteiger partial charge is 0.320 e. The lowest BCUT2D eigenvalue weighted by Gasteiger charge is -2.19. The van der Waals surface area contributed by atoms with E-state index in [1.165, 1.54) is 0 Å². The van der Waals surface area contributed by atoms with Gasteiger partial charge in [0.2, 0.25) is 0 Å². The standard InChI is InChI=1S/C8H15NO3/c1-12-6-5-9-4-2-3-7(9)8(10)11/h7H,2-6H2,1H3,(H,10,11). The van der Waals surface area contributed by atoms with Gasteiger partial charge in [-0.15, -0.1) is 0 Å². The third-order valence-corrected chi connectivity index (χ3v) is 2.23. The number of hydrogen-bond acceptors (Lipinski definition) is 3. The van der Waals surface area contributed by atoms with Crippen LogP contribution in [0.5, 0.6) is 0 Å². The normalized spacial score (nSPS) is 24.6. The maximum absolute atomic E-state index is 10.7. The van der Waals surface area contributed by atoms with Crippen molar-refractivity contribution in [3.05, 3.63) is 0 Å². The first-order chi connectivity index (χ1) is 5.75. The number of carboxylic acid groups (broad SMARTS) is 1. The summed E-state index contributed by atoms with van der Waals surface area (Å²) < 4.78 is 4.90. The molecule has 1 unspecified atom stereocenters. The summed E-state index contributed by atoms with van der Waals surface area (Å²) in [5.74, 6) is -0.705. The molecule has 1 atom stereocenters. The highest BCUT2D eigenvalue weighted by molar-refractivity contribution is 5.73. The predicted octanol–water partition coefficient (Wildman–Crippen LogP) is 0.182. The van der Waals surface area contributed by atoms with Crippen LogP contribution in [-0.2, 0) is 9.53 Å². The van der Waals surface area contributed by atoms with Gasteiger partial charge in [0, 0.05) is 13.7 Å². The zero-order valence-electron chi connectivity index (χ0n) is 7.32. The second-order valence-corrected chi connectivity index (χ2v) is 3.03. The lowest BCUT2D eigenvalue weighted by atomic mass is 10.2. The maximum atomic E-state index is 10.7. The molecule has 0 aromatic carbocycles. The highest BCUT2D eigenvalue weighted by Crippen LogP contribution is 2.16. The first kappa shape index (κ1) is 9.48. The van der Waals surface area contributed by atoms with E-state index in [9.17, 15) is 4.79 Å². The molecule has 4 heteroatoms. The topological polar surface area (TPSA) is 49.8 Å². The van der Waals surface area contributed by atoms with Gasteiger partial charge in [0.05, 0.1) is 6.61 Å². The van der Waals surface area contributed by atoms with E-state index in [1.807, 2.05) is 4.90 Å². The van der Waals surface area contributed by atoms with Crippen LogP contribution in [0.15, 0.2) is 0 Å². The summed E-state index contributed by atoms with van der Waals surface area (Å²) in [6.07, 6.45) is 1.76. The summed E-state index contributed by atoms with van der Waals surface area (Å²) in [6, 6.07) is -0.278. The molecule has 0 aromatic heterocycles. The Kier molecular flexibility index (Phi) is 3.49. The van der Waals surface area contributed by atoms with E-state index in [0.29, 0.717) is 6.61 Å².